The zero-order chi connectivity index (χ0) is 15.4. The van der Waals surface area contributed by atoms with Crippen LogP contribution in [0.4, 0.5) is 5.82 Å². The summed E-state index contributed by atoms with van der Waals surface area (Å²) in [6, 6.07) is 5.14. The molecule has 3 nitrogen and oxygen atoms in total. The van der Waals surface area contributed by atoms with Gasteiger partial charge in [0.15, 0.2) is 0 Å². The highest BCUT2D eigenvalue weighted by molar-refractivity contribution is 5.45. The van der Waals surface area contributed by atoms with Crippen molar-refractivity contribution in [1.29, 1.82) is 0 Å². The van der Waals surface area contributed by atoms with Crippen LogP contribution in [0, 0.1) is 11.8 Å². The van der Waals surface area contributed by atoms with Gasteiger partial charge in [0.2, 0.25) is 0 Å². The normalized spacial score (nSPS) is 22.3. The molecule has 0 aromatic carbocycles. The summed E-state index contributed by atoms with van der Waals surface area (Å²) in [6.45, 7) is 14.5. The largest absolute Gasteiger partial charge is 0.354 e. The molecular formula is C18H31N3. The quantitative estimate of drug-likeness (QED) is 0.867. The lowest BCUT2D eigenvalue weighted by atomic mass is 10.1. The Morgan fingerprint density at radius 1 is 1.33 bits per heavy atom. The molecule has 2 heterocycles. The average molecular weight is 289 g/mol. The van der Waals surface area contributed by atoms with Crippen LogP contribution < -0.4 is 10.2 Å². The molecule has 3 heteroatoms. The minimum Gasteiger partial charge on any atom is -0.354 e. The van der Waals surface area contributed by atoms with Crippen molar-refractivity contribution in [3.8, 4) is 0 Å². The van der Waals surface area contributed by atoms with E-state index in [0.717, 1.165) is 32.0 Å². The number of rotatable bonds is 6. The van der Waals surface area contributed by atoms with Gasteiger partial charge < -0.3 is 10.2 Å². The monoisotopic (exact) mass is 289 g/mol. The number of pyridine rings is 1. The molecule has 0 amide bonds. The van der Waals surface area contributed by atoms with Crippen LogP contribution in [0.2, 0.25) is 0 Å². The first kappa shape index (κ1) is 16.3. The SMILES string of the molecule is CCc1cc(CNCC(C)C)cc(N2CC(C)CC2C)n1. The lowest BCUT2D eigenvalue weighted by Crippen LogP contribution is -2.28. The molecule has 1 aliphatic rings. The van der Waals surface area contributed by atoms with Gasteiger partial charge in [0, 0.05) is 24.8 Å². The lowest BCUT2D eigenvalue weighted by molar-refractivity contribution is 0.552. The third kappa shape index (κ3) is 4.44. The fourth-order valence-corrected chi connectivity index (χ4v) is 3.19. The molecule has 1 aromatic heterocycles. The Labute approximate surface area is 130 Å². The molecular weight excluding hydrogens is 258 g/mol. The van der Waals surface area contributed by atoms with Crippen molar-refractivity contribution >= 4 is 5.82 Å². The summed E-state index contributed by atoms with van der Waals surface area (Å²) in [5.41, 5.74) is 2.57. The molecule has 2 unspecified atom stereocenters. The number of hydrogen-bond donors (Lipinski definition) is 1. The topological polar surface area (TPSA) is 28.2 Å². The number of anilines is 1. The Balaban J connectivity index is 2.13. The van der Waals surface area contributed by atoms with E-state index in [1.165, 1.54) is 23.5 Å². The molecule has 118 valence electrons. The number of hydrogen-bond acceptors (Lipinski definition) is 3. The Kier molecular flexibility index (Phi) is 5.63. The maximum absolute atomic E-state index is 4.86. The summed E-state index contributed by atoms with van der Waals surface area (Å²) in [6.07, 6.45) is 2.28. The van der Waals surface area contributed by atoms with Gasteiger partial charge in [-0.3, -0.25) is 0 Å². The van der Waals surface area contributed by atoms with Gasteiger partial charge >= 0.3 is 0 Å². The highest BCUT2D eigenvalue weighted by Crippen LogP contribution is 2.28. The smallest absolute Gasteiger partial charge is 0.129 e. The molecule has 1 N–H and O–H groups in total. The van der Waals surface area contributed by atoms with Gasteiger partial charge in [-0.15, -0.1) is 0 Å². The second-order valence-electron chi connectivity index (χ2n) is 7.05. The van der Waals surface area contributed by atoms with Gasteiger partial charge in [-0.05, 0) is 55.8 Å². The van der Waals surface area contributed by atoms with Crippen molar-refractivity contribution in [1.82, 2.24) is 10.3 Å². The molecule has 21 heavy (non-hydrogen) atoms. The summed E-state index contributed by atoms with van der Waals surface area (Å²) in [5.74, 6) is 2.64. The van der Waals surface area contributed by atoms with Crippen LogP contribution in [0.1, 0.15) is 52.3 Å². The Morgan fingerprint density at radius 3 is 2.67 bits per heavy atom. The van der Waals surface area contributed by atoms with Crippen LogP contribution in [0.3, 0.4) is 0 Å². The van der Waals surface area contributed by atoms with E-state index >= 15 is 0 Å². The van der Waals surface area contributed by atoms with Gasteiger partial charge in [0.05, 0.1) is 0 Å². The first-order chi connectivity index (χ1) is 9.99. The zero-order valence-corrected chi connectivity index (χ0v) is 14.3. The van der Waals surface area contributed by atoms with E-state index in [1.807, 2.05) is 0 Å². The van der Waals surface area contributed by atoms with E-state index in [-0.39, 0.29) is 0 Å². The van der Waals surface area contributed by atoms with Crippen molar-refractivity contribution < 1.29 is 0 Å². The molecule has 2 rings (SSSR count). The zero-order valence-electron chi connectivity index (χ0n) is 14.3. The van der Waals surface area contributed by atoms with Crippen LogP contribution in [0.5, 0.6) is 0 Å². The van der Waals surface area contributed by atoms with E-state index in [4.69, 9.17) is 4.98 Å². The van der Waals surface area contributed by atoms with Crippen molar-refractivity contribution in [2.75, 3.05) is 18.0 Å². The van der Waals surface area contributed by atoms with E-state index < -0.39 is 0 Å². The molecule has 0 saturated carbocycles. The Bertz CT molecular complexity index is 456. The molecule has 1 aliphatic heterocycles. The molecule has 0 bridgehead atoms. The van der Waals surface area contributed by atoms with Crippen molar-refractivity contribution in [2.45, 2.75) is 60.0 Å². The third-order valence-electron chi connectivity index (χ3n) is 4.25. The highest BCUT2D eigenvalue weighted by Gasteiger charge is 2.27. The molecule has 0 spiro atoms. The van der Waals surface area contributed by atoms with E-state index in [1.54, 1.807) is 0 Å². The van der Waals surface area contributed by atoms with Gasteiger partial charge in [-0.1, -0.05) is 27.7 Å². The summed E-state index contributed by atoms with van der Waals surface area (Å²) in [5, 5.41) is 3.54. The number of nitrogens with one attached hydrogen (secondary N) is 1. The minimum absolute atomic E-state index is 0.607. The van der Waals surface area contributed by atoms with Crippen LogP contribution in [0.15, 0.2) is 12.1 Å². The molecule has 1 fully saturated rings. The first-order valence-electron chi connectivity index (χ1n) is 8.46. The number of aryl methyl sites for hydroxylation is 1. The van der Waals surface area contributed by atoms with E-state index in [9.17, 15) is 0 Å². The van der Waals surface area contributed by atoms with Gasteiger partial charge in [-0.2, -0.15) is 0 Å². The van der Waals surface area contributed by atoms with Gasteiger partial charge in [0.25, 0.3) is 0 Å². The van der Waals surface area contributed by atoms with Crippen LogP contribution in [-0.4, -0.2) is 24.1 Å². The van der Waals surface area contributed by atoms with Crippen LogP contribution >= 0.6 is 0 Å². The van der Waals surface area contributed by atoms with Crippen molar-refractivity contribution in [2.24, 2.45) is 11.8 Å². The summed E-state index contributed by atoms with van der Waals surface area (Å²) < 4.78 is 0. The van der Waals surface area contributed by atoms with Crippen molar-refractivity contribution in [3.05, 3.63) is 23.4 Å². The molecule has 1 saturated heterocycles. The maximum atomic E-state index is 4.86. The van der Waals surface area contributed by atoms with Crippen LogP contribution in [-0.2, 0) is 13.0 Å². The Morgan fingerprint density at radius 2 is 2.10 bits per heavy atom. The number of nitrogens with zero attached hydrogens (tertiary/aromatic N) is 2. The third-order valence-corrected chi connectivity index (χ3v) is 4.25. The molecule has 2 atom stereocenters. The number of aromatic nitrogens is 1. The molecule has 0 aliphatic carbocycles. The van der Waals surface area contributed by atoms with Crippen LogP contribution in [0.25, 0.3) is 0 Å². The van der Waals surface area contributed by atoms with E-state index in [2.05, 4.69) is 57.0 Å². The standard InChI is InChI=1S/C18H31N3/c1-6-17-8-16(11-19-10-13(2)3)9-18(20-17)21-12-14(4)7-15(21)5/h8-9,13-15,19H,6-7,10-12H2,1-5H3. The predicted octanol–water partition coefficient (Wildman–Crippen LogP) is 3.62. The second-order valence-corrected chi connectivity index (χ2v) is 7.05. The molecule has 1 aromatic rings. The lowest BCUT2D eigenvalue weighted by Gasteiger charge is -2.24. The summed E-state index contributed by atoms with van der Waals surface area (Å²) >= 11 is 0. The minimum atomic E-state index is 0.607. The first-order valence-corrected chi connectivity index (χ1v) is 8.46. The highest BCUT2D eigenvalue weighted by atomic mass is 15.2. The second kappa shape index (κ2) is 7.26. The summed E-state index contributed by atoms with van der Waals surface area (Å²) in [7, 11) is 0. The molecule has 0 radical (unpaired) electrons. The maximum Gasteiger partial charge on any atom is 0.129 e. The average Bonchev–Trinajstić information content (AvgIpc) is 2.77. The van der Waals surface area contributed by atoms with Crippen molar-refractivity contribution in [3.63, 3.8) is 0 Å². The fraction of sp³-hybridized carbons (Fsp3) is 0.722. The van der Waals surface area contributed by atoms with Gasteiger partial charge in [-0.25, -0.2) is 4.98 Å². The van der Waals surface area contributed by atoms with Gasteiger partial charge in [0.1, 0.15) is 5.82 Å². The summed E-state index contributed by atoms with van der Waals surface area (Å²) in [4.78, 5) is 7.34. The fourth-order valence-electron chi connectivity index (χ4n) is 3.19. The predicted molar refractivity (Wildman–Crippen MR) is 90.7 cm³/mol. The Hall–Kier alpha value is -1.09. The van der Waals surface area contributed by atoms with E-state index in [0.29, 0.717) is 12.0 Å².